The number of hydrogen-bond acceptors (Lipinski definition) is 2. The summed E-state index contributed by atoms with van der Waals surface area (Å²) in [5.41, 5.74) is 1.04. The van der Waals surface area contributed by atoms with E-state index in [1.165, 1.54) is 19.4 Å². The van der Waals surface area contributed by atoms with Gasteiger partial charge in [0.2, 0.25) is 5.91 Å². The van der Waals surface area contributed by atoms with Crippen molar-refractivity contribution in [2.24, 2.45) is 5.92 Å². The van der Waals surface area contributed by atoms with Crippen molar-refractivity contribution in [1.29, 1.82) is 0 Å². The minimum atomic E-state index is 0.234. The predicted molar refractivity (Wildman–Crippen MR) is 85.5 cm³/mol. The number of likely N-dealkylation sites (tertiary alicyclic amines) is 1. The Morgan fingerprint density at radius 1 is 1.14 bits per heavy atom. The summed E-state index contributed by atoms with van der Waals surface area (Å²) in [6.07, 6.45) is 5.44. The van der Waals surface area contributed by atoms with Gasteiger partial charge in [-0.3, -0.25) is 4.79 Å². The molecule has 1 aliphatic heterocycles. The Morgan fingerprint density at radius 2 is 1.81 bits per heavy atom. The van der Waals surface area contributed by atoms with Crippen LogP contribution in [0.25, 0.3) is 0 Å². The van der Waals surface area contributed by atoms with Crippen molar-refractivity contribution in [3.8, 4) is 0 Å². The molecule has 2 fully saturated rings. The van der Waals surface area contributed by atoms with Crippen LogP contribution in [0.2, 0.25) is 5.02 Å². The van der Waals surface area contributed by atoms with Crippen LogP contribution in [0.15, 0.2) is 24.3 Å². The molecule has 1 aliphatic carbocycles. The van der Waals surface area contributed by atoms with Gasteiger partial charge >= 0.3 is 0 Å². The fraction of sp³-hybridized carbons (Fsp3) is 0.588. The number of nitrogens with one attached hydrogen (secondary N) is 1. The lowest BCUT2D eigenvalue weighted by Crippen LogP contribution is -2.45. The van der Waals surface area contributed by atoms with Crippen LogP contribution >= 0.6 is 11.6 Å². The molecule has 1 saturated carbocycles. The van der Waals surface area contributed by atoms with Gasteiger partial charge in [-0.1, -0.05) is 23.7 Å². The summed E-state index contributed by atoms with van der Waals surface area (Å²) in [4.78, 5) is 14.3. The molecule has 1 amide bonds. The number of halogens is 1. The monoisotopic (exact) mass is 306 g/mol. The van der Waals surface area contributed by atoms with Crippen molar-refractivity contribution in [1.82, 2.24) is 10.2 Å². The molecule has 1 heterocycles. The van der Waals surface area contributed by atoms with Gasteiger partial charge in [-0.2, -0.15) is 0 Å². The lowest BCUT2D eigenvalue weighted by atomic mass is 10.0. The van der Waals surface area contributed by atoms with Crippen LogP contribution in [-0.4, -0.2) is 36.5 Å². The zero-order valence-electron chi connectivity index (χ0n) is 12.4. The number of hydrogen-bond donors (Lipinski definition) is 1. The van der Waals surface area contributed by atoms with Crippen molar-refractivity contribution in [2.75, 3.05) is 19.6 Å². The molecule has 1 saturated heterocycles. The second-order valence-corrected chi connectivity index (χ2v) is 6.75. The molecule has 4 heteroatoms. The molecule has 3 rings (SSSR count). The SMILES string of the molecule is O=C(Cc1ccc(Cl)cc1)N1CCC(NCC2CC2)CC1. The van der Waals surface area contributed by atoms with Gasteiger partial charge in [0, 0.05) is 24.2 Å². The number of carbonyl (C=O) groups excluding carboxylic acids is 1. The van der Waals surface area contributed by atoms with E-state index in [-0.39, 0.29) is 5.91 Å². The summed E-state index contributed by atoms with van der Waals surface area (Å²) in [6.45, 7) is 2.94. The third-order valence-electron chi connectivity index (χ3n) is 4.51. The molecule has 2 aliphatic rings. The van der Waals surface area contributed by atoms with Gasteiger partial charge in [-0.25, -0.2) is 0 Å². The fourth-order valence-corrected chi connectivity index (χ4v) is 3.00. The summed E-state index contributed by atoms with van der Waals surface area (Å²) < 4.78 is 0. The van der Waals surface area contributed by atoms with Crippen LogP contribution < -0.4 is 5.32 Å². The lowest BCUT2D eigenvalue weighted by Gasteiger charge is -2.32. The Bertz CT molecular complexity index is 476. The van der Waals surface area contributed by atoms with E-state index >= 15 is 0 Å². The fourth-order valence-electron chi connectivity index (χ4n) is 2.88. The average molecular weight is 307 g/mol. The number of rotatable bonds is 5. The van der Waals surface area contributed by atoms with E-state index in [2.05, 4.69) is 5.32 Å². The first-order valence-corrected chi connectivity index (χ1v) is 8.34. The van der Waals surface area contributed by atoms with Crippen molar-refractivity contribution in [3.63, 3.8) is 0 Å². The van der Waals surface area contributed by atoms with E-state index in [0.29, 0.717) is 17.5 Å². The quantitative estimate of drug-likeness (QED) is 0.907. The smallest absolute Gasteiger partial charge is 0.226 e. The molecular formula is C17H23ClN2O. The topological polar surface area (TPSA) is 32.3 Å². The number of carbonyl (C=O) groups is 1. The van der Waals surface area contributed by atoms with Crippen LogP contribution in [0.5, 0.6) is 0 Å². The highest BCUT2D eigenvalue weighted by Crippen LogP contribution is 2.28. The largest absolute Gasteiger partial charge is 0.342 e. The highest BCUT2D eigenvalue weighted by Gasteiger charge is 2.25. The molecule has 1 aromatic rings. The molecular weight excluding hydrogens is 284 g/mol. The molecule has 3 nitrogen and oxygen atoms in total. The summed E-state index contributed by atoms with van der Waals surface area (Å²) >= 11 is 5.87. The van der Waals surface area contributed by atoms with E-state index in [4.69, 9.17) is 11.6 Å². The molecule has 0 atom stereocenters. The van der Waals surface area contributed by atoms with Crippen LogP contribution in [-0.2, 0) is 11.2 Å². The zero-order chi connectivity index (χ0) is 14.7. The molecule has 0 bridgehead atoms. The maximum absolute atomic E-state index is 12.3. The van der Waals surface area contributed by atoms with Crippen LogP contribution in [0.3, 0.4) is 0 Å². The summed E-state index contributed by atoms with van der Waals surface area (Å²) in [5, 5.41) is 4.36. The van der Waals surface area contributed by atoms with Crippen molar-refractivity contribution in [2.45, 2.75) is 38.1 Å². The molecule has 0 unspecified atom stereocenters. The van der Waals surface area contributed by atoms with Gasteiger partial charge in [0.05, 0.1) is 6.42 Å². The first kappa shape index (κ1) is 14.9. The number of benzene rings is 1. The first-order chi connectivity index (χ1) is 10.2. The standard InChI is InChI=1S/C17H23ClN2O/c18-15-5-3-13(4-6-15)11-17(21)20-9-7-16(8-10-20)19-12-14-1-2-14/h3-6,14,16,19H,1-2,7-12H2. The molecule has 1 N–H and O–H groups in total. The lowest BCUT2D eigenvalue weighted by molar-refractivity contribution is -0.131. The summed E-state index contributed by atoms with van der Waals surface area (Å²) in [6, 6.07) is 8.16. The van der Waals surface area contributed by atoms with Gasteiger partial charge in [0.25, 0.3) is 0 Å². The Hall–Kier alpha value is -1.06. The Labute approximate surface area is 131 Å². The molecule has 0 radical (unpaired) electrons. The molecule has 114 valence electrons. The normalized spacial score (nSPS) is 19.8. The van der Waals surface area contributed by atoms with Crippen LogP contribution in [0.1, 0.15) is 31.2 Å². The Morgan fingerprint density at radius 3 is 2.43 bits per heavy atom. The Balaban J connectivity index is 1.42. The Kier molecular flexibility index (Phi) is 4.81. The molecule has 21 heavy (non-hydrogen) atoms. The van der Waals surface area contributed by atoms with E-state index in [1.54, 1.807) is 0 Å². The zero-order valence-corrected chi connectivity index (χ0v) is 13.1. The van der Waals surface area contributed by atoms with Gasteiger partial charge in [-0.05, 0) is 55.8 Å². The minimum absolute atomic E-state index is 0.234. The predicted octanol–water partition coefficient (Wildman–Crippen LogP) is 2.87. The van der Waals surface area contributed by atoms with E-state index in [0.717, 1.165) is 37.4 Å². The third-order valence-corrected chi connectivity index (χ3v) is 4.76. The van der Waals surface area contributed by atoms with Gasteiger partial charge in [0.15, 0.2) is 0 Å². The van der Waals surface area contributed by atoms with Crippen molar-refractivity contribution in [3.05, 3.63) is 34.9 Å². The summed E-state index contributed by atoms with van der Waals surface area (Å²) in [7, 11) is 0. The van der Waals surface area contributed by atoms with Gasteiger partial charge in [-0.15, -0.1) is 0 Å². The second kappa shape index (κ2) is 6.80. The molecule has 0 spiro atoms. The third kappa shape index (κ3) is 4.45. The van der Waals surface area contributed by atoms with E-state index in [1.807, 2.05) is 29.2 Å². The minimum Gasteiger partial charge on any atom is -0.342 e. The van der Waals surface area contributed by atoms with Gasteiger partial charge < -0.3 is 10.2 Å². The maximum atomic E-state index is 12.3. The highest BCUT2D eigenvalue weighted by atomic mass is 35.5. The number of piperidine rings is 1. The van der Waals surface area contributed by atoms with Crippen molar-refractivity contribution < 1.29 is 4.79 Å². The summed E-state index contributed by atoms with van der Waals surface area (Å²) in [5.74, 6) is 1.16. The molecule has 1 aromatic carbocycles. The van der Waals surface area contributed by atoms with Gasteiger partial charge in [0.1, 0.15) is 0 Å². The molecule has 0 aromatic heterocycles. The first-order valence-electron chi connectivity index (χ1n) is 7.96. The van der Waals surface area contributed by atoms with E-state index < -0.39 is 0 Å². The van der Waals surface area contributed by atoms with Crippen LogP contribution in [0.4, 0.5) is 0 Å². The second-order valence-electron chi connectivity index (χ2n) is 6.31. The van der Waals surface area contributed by atoms with Crippen molar-refractivity contribution >= 4 is 17.5 Å². The number of nitrogens with zero attached hydrogens (tertiary/aromatic N) is 1. The maximum Gasteiger partial charge on any atom is 0.226 e. The number of amides is 1. The average Bonchev–Trinajstić information content (AvgIpc) is 3.32. The van der Waals surface area contributed by atoms with E-state index in [9.17, 15) is 4.79 Å². The van der Waals surface area contributed by atoms with Crippen LogP contribution in [0, 0.1) is 5.92 Å². The highest BCUT2D eigenvalue weighted by molar-refractivity contribution is 6.30.